The van der Waals surface area contributed by atoms with Crippen molar-refractivity contribution in [2.45, 2.75) is 32.9 Å². The molecule has 0 saturated carbocycles. The van der Waals surface area contributed by atoms with Gasteiger partial charge in [0.1, 0.15) is 0 Å². The summed E-state index contributed by atoms with van der Waals surface area (Å²) in [5, 5.41) is 3.01. The number of nitrogens with one attached hydrogen (secondary N) is 1. The number of aromatic nitrogens is 1. The minimum absolute atomic E-state index is 0. The zero-order chi connectivity index (χ0) is 20.6. The Morgan fingerprint density at radius 2 is 1.57 bits per heavy atom. The van der Waals surface area contributed by atoms with Crippen LogP contribution >= 0.6 is 0 Å². The molecule has 30 heavy (non-hydrogen) atoms. The summed E-state index contributed by atoms with van der Waals surface area (Å²) in [6.45, 7) is 5.99. The molecule has 0 aliphatic carbocycles. The molecule has 4 rings (SSSR count). The van der Waals surface area contributed by atoms with Crippen molar-refractivity contribution in [2.24, 2.45) is 0 Å². The standard InChI is InChI=1S/C24H23N3O2.HI/c1-17-7-11-19(12-8-17)25-23(29)24(3)21-6-4-5-15-26(21)16-22(28)27(24)20-13-9-18(2)10-14-20;/h4-15H,16H2,1-3H3;1H. The zero-order valence-electron chi connectivity index (χ0n) is 17.2. The van der Waals surface area contributed by atoms with E-state index < -0.39 is 5.54 Å². The highest BCUT2D eigenvalue weighted by atomic mass is 127. The molecular formula is C24H24IN3O2. The molecule has 1 N–H and O–H groups in total. The summed E-state index contributed by atoms with van der Waals surface area (Å²) in [4.78, 5) is 28.4. The molecule has 0 bridgehead atoms. The lowest BCUT2D eigenvalue weighted by Crippen LogP contribution is -3.00. The number of amides is 2. The SMILES string of the molecule is Cc1ccc(NC(=O)C2(C)c3cccc[n+]3CC(=O)N2c2ccc(C)cc2)cc1.[I-]. The van der Waals surface area contributed by atoms with Gasteiger partial charge in [-0.15, -0.1) is 0 Å². The van der Waals surface area contributed by atoms with Crippen LogP contribution in [-0.4, -0.2) is 11.8 Å². The van der Waals surface area contributed by atoms with Crippen LogP contribution in [-0.2, 0) is 21.7 Å². The molecule has 0 radical (unpaired) electrons. The molecule has 0 saturated heterocycles. The first-order valence-electron chi connectivity index (χ1n) is 9.66. The minimum atomic E-state index is -1.20. The van der Waals surface area contributed by atoms with Crippen LogP contribution in [0.5, 0.6) is 0 Å². The monoisotopic (exact) mass is 513 g/mol. The van der Waals surface area contributed by atoms with Crippen LogP contribution in [0.2, 0.25) is 0 Å². The van der Waals surface area contributed by atoms with Crippen LogP contribution in [0.3, 0.4) is 0 Å². The van der Waals surface area contributed by atoms with Crippen molar-refractivity contribution in [2.75, 3.05) is 10.2 Å². The van der Waals surface area contributed by atoms with E-state index >= 15 is 0 Å². The van der Waals surface area contributed by atoms with E-state index in [0.29, 0.717) is 11.4 Å². The van der Waals surface area contributed by atoms with E-state index in [0.717, 1.165) is 16.8 Å². The first-order chi connectivity index (χ1) is 13.9. The third-order valence-corrected chi connectivity index (χ3v) is 5.49. The number of carbonyl (C=O) groups excluding carboxylic acids is 2. The van der Waals surface area contributed by atoms with Crippen molar-refractivity contribution < 1.29 is 38.1 Å². The van der Waals surface area contributed by atoms with Gasteiger partial charge >= 0.3 is 0 Å². The van der Waals surface area contributed by atoms with Crippen LogP contribution in [0.1, 0.15) is 23.7 Å². The molecule has 1 unspecified atom stereocenters. The van der Waals surface area contributed by atoms with Gasteiger partial charge in [-0.05, 0) is 45.0 Å². The molecule has 1 aliphatic heterocycles. The van der Waals surface area contributed by atoms with Gasteiger partial charge in [0.05, 0.1) is 0 Å². The normalized spacial score (nSPS) is 17.7. The lowest BCUT2D eigenvalue weighted by molar-refractivity contribution is -0.697. The predicted octanol–water partition coefficient (Wildman–Crippen LogP) is 0.496. The molecule has 2 amide bonds. The van der Waals surface area contributed by atoms with Crippen LogP contribution in [0, 0.1) is 13.8 Å². The van der Waals surface area contributed by atoms with Crippen molar-refractivity contribution >= 4 is 23.2 Å². The maximum absolute atomic E-state index is 13.6. The topological polar surface area (TPSA) is 53.3 Å². The van der Waals surface area contributed by atoms with Crippen molar-refractivity contribution in [3.8, 4) is 0 Å². The molecule has 2 aromatic carbocycles. The van der Waals surface area contributed by atoms with Gasteiger partial charge in [-0.2, -0.15) is 4.57 Å². The van der Waals surface area contributed by atoms with E-state index in [4.69, 9.17) is 0 Å². The number of nitrogens with zero attached hydrogens (tertiary/aromatic N) is 2. The smallest absolute Gasteiger partial charge is 0.294 e. The lowest BCUT2D eigenvalue weighted by Gasteiger charge is -2.40. The Bertz CT molecular complexity index is 1080. The second-order valence-corrected chi connectivity index (χ2v) is 7.67. The molecular weight excluding hydrogens is 489 g/mol. The Balaban J connectivity index is 0.00000256. The van der Waals surface area contributed by atoms with Gasteiger partial charge in [0.2, 0.25) is 17.8 Å². The molecule has 1 atom stereocenters. The quantitative estimate of drug-likeness (QED) is 0.410. The Kier molecular flexibility index (Phi) is 6.26. The number of hydrogen-bond acceptors (Lipinski definition) is 2. The van der Waals surface area contributed by atoms with Crippen LogP contribution in [0.25, 0.3) is 0 Å². The van der Waals surface area contributed by atoms with Crippen molar-refractivity contribution in [1.29, 1.82) is 0 Å². The highest BCUT2D eigenvalue weighted by Gasteiger charge is 2.54. The first-order valence-corrected chi connectivity index (χ1v) is 9.66. The lowest BCUT2D eigenvalue weighted by atomic mass is 9.89. The van der Waals surface area contributed by atoms with Crippen molar-refractivity contribution in [3.05, 3.63) is 89.7 Å². The maximum Gasteiger partial charge on any atom is 0.294 e. The predicted molar refractivity (Wildman–Crippen MR) is 112 cm³/mol. The fourth-order valence-corrected chi connectivity index (χ4v) is 3.84. The van der Waals surface area contributed by atoms with Crippen molar-refractivity contribution in [1.82, 2.24) is 0 Å². The van der Waals surface area contributed by atoms with Gasteiger partial charge in [-0.3, -0.25) is 14.5 Å². The fraction of sp³-hybridized carbons (Fsp3) is 0.208. The Morgan fingerprint density at radius 1 is 0.967 bits per heavy atom. The zero-order valence-corrected chi connectivity index (χ0v) is 19.4. The highest BCUT2D eigenvalue weighted by molar-refractivity contribution is 6.08. The molecule has 1 aromatic heterocycles. The number of hydrogen-bond donors (Lipinski definition) is 1. The highest BCUT2D eigenvalue weighted by Crippen LogP contribution is 2.35. The molecule has 154 valence electrons. The fourth-order valence-electron chi connectivity index (χ4n) is 3.84. The molecule has 3 aromatic rings. The third kappa shape index (κ3) is 3.84. The molecule has 5 nitrogen and oxygen atoms in total. The van der Waals surface area contributed by atoms with Gasteiger partial charge in [-0.1, -0.05) is 41.5 Å². The van der Waals surface area contributed by atoms with Crippen molar-refractivity contribution in [3.63, 3.8) is 0 Å². The van der Waals surface area contributed by atoms with E-state index in [9.17, 15) is 9.59 Å². The number of fused-ring (bicyclic) bond motifs is 1. The minimum Gasteiger partial charge on any atom is -1.00 e. The van der Waals surface area contributed by atoms with Gasteiger partial charge in [0, 0.05) is 23.5 Å². The number of pyridine rings is 1. The van der Waals surface area contributed by atoms with E-state index in [1.807, 2.05) is 91.3 Å². The number of benzene rings is 2. The summed E-state index contributed by atoms with van der Waals surface area (Å²) >= 11 is 0. The summed E-state index contributed by atoms with van der Waals surface area (Å²) in [7, 11) is 0. The van der Waals surface area contributed by atoms with Gasteiger partial charge < -0.3 is 29.3 Å². The number of anilines is 2. The molecule has 0 fully saturated rings. The molecule has 0 spiro atoms. The van der Waals surface area contributed by atoms with E-state index in [1.165, 1.54) is 0 Å². The first kappa shape index (κ1) is 22.0. The summed E-state index contributed by atoms with van der Waals surface area (Å²) in [6, 6.07) is 21.0. The van der Waals surface area contributed by atoms with E-state index in [2.05, 4.69) is 5.32 Å². The summed E-state index contributed by atoms with van der Waals surface area (Å²) < 4.78 is 1.85. The van der Waals surface area contributed by atoms with Gasteiger partial charge in [0.15, 0.2) is 6.20 Å². The average molecular weight is 513 g/mol. The summed E-state index contributed by atoms with van der Waals surface area (Å²) in [5.74, 6) is -0.381. The Morgan fingerprint density at radius 3 is 2.20 bits per heavy atom. The number of halogens is 1. The number of rotatable bonds is 3. The largest absolute Gasteiger partial charge is 1.00 e. The van der Waals surface area contributed by atoms with E-state index in [-0.39, 0.29) is 42.3 Å². The van der Waals surface area contributed by atoms with Gasteiger partial charge in [-0.25, -0.2) is 0 Å². The van der Waals surface area contributed by atoms with E-state index in [1.54, 1.807) is 11.8 Å². The average Bonchev–Trinajstić information content (AvgIpc) is 2.71. The van der Waals surface area contributed by atoms with Crippen LogP contribution in [0.15, 0.2) is 72.9 Å². The number of aryl methyl sites for hydroxylation is 2. The van der Waals surface area contributed by atoms with Crippen LogP contribution in [0.4, 0.5) is 11.4 Å². The maximum atomic E-state index is 13.6. The summed E-state index contributed by atoms with van der Waals surface area (Å²) in [5.41, 5.74) is 3.19. The second kappa shape index (κ2) is 8.55. The van der Waals surface area contributed by atoms with Crippen LogP contribution < -0.4 is 38.8 Å². The third-order valence-electron chi connectivity index (χ3n) is 5.49. The second-order valence-electron chi connectivity index (χ2n) is 7.67. The Hall–Kier alpha value is -2.74. The Labute approximate surface area is 193 Å². The molecule has 2 heterocycles. The molecule has 1 aliphatic rings. The number of carbonyl (C=O) groups is 2. The van der Waals surface area contributed by atoms with Gasteiger partial charge in [0.25, 0.3) is 11.8 Å². The molecule has 6 heteroatoms. The summed E-state index contributed by atoms with van der Waals surface area (Å²) in [6.07, 6.45) is 1.84.